The van der Waals surface area contributed by atoms with Crippen molar-refractivity contribution >= 4 is 11.7 Å². The first-order valence-corrected chi connectivity index (χ1v) is 8.93. The number of rotatable bonds is 6. The van der Waals surface area contributed by atoms with Gasteiger partial charge in [-0.3, -0.25) is 4.98 Å². The molecule has 1 N–H and O–H groups in total. The van der Waals surface area contributed by atoms with Crippen molar-refractivity contribution in [3.63, 3.8) is 0 Å². The lowest BCUT2D eigenvalue weighted by Gasteiger charge is -2.32. The summed E-state index contributed by atoms with van der Waals surface area (Å²) < 4.78 is 21.4. The second kappa shape index (κ2) is 9.12. The molecule has 2 heterocycles. The minimum absolute atomic E-state index is 0.166. The number of nitrogens with one attached hydrogen (secondary N) is 1. The second-order valence-electron chi connectivity index (χ2n) is 6.26. The topological polar surface area (TPSA) is 95.0 Å². The molecule has 0 bridgehead atoms. The molecule has 0 saturated carbocycles. The number of aromatic nitrogens is 2. The van der Waals surface area contributed by atoms with Crippen LogP contribution in [0.1, 0.15) is 12.8 Å². The average Bonchev–Trinajstić information content (AvgIpc) is 2.73. The molecule has 3 rings (SSSR count). The lowest BCUT2D eigenvalue weighted by atomic mass is 10.1. The van der Waals surface area contributed by atoms with Crippen LogP contribution < -0.4 is 24.3 Å². The lowest BCUT2D eigenvalue weighted by molar-refractivity contribution is 0.101. The zero-order valence-corrected chi connectivity index (χ0v) is 16.2. The Morgan fingerprint density at radius 2 is 1.79 bits per heavy atom. The quantitative estimate of drug-likeness (QED) is 0.813. The Balaban J connectivity index is 1.62. The minimum Gasteiger partial charge on any atom is -0.497 e. The zero-order valence-electron chi connectivity index (χ0n) is 16.2. The van der Waals surface area contributed by atoms with E-state index in [1.807, 2.05) is 0 Å². The van der Waals surface area contributed by atoms with Crippen LogP contribution in [0.5, 0.6) is 23.3 Å². The molecule has 1 fully saturated rings. The maximum absolute atomic E-state index is 12.7. The molecule has 150 valence electrons. The summed E-state index contributed by atoms with van der Waals surface area (Å²) in [6.45, 7) is 1.10. The largest absolute Gasteiger partial charge is 0.497 e. The predicted molar refractivity (Wildman–Crippen MR) is 102 cm³/mol. The summed E-state index contributed by atoms with van der Waals surface area (Å²) in [6, 6.07) is 5.02. The zero-order chi connectivity index (χ0) is 19.9. The van der Waals surface area contributed by atoms with E-state index in [2.05, 4.69) is 15.3 Å². The first kappa shape index (κ1) is 19.5. The number of amides is 2. The molecule has 1 aromatic heterocycles. The molecule has 28 heavy (non-hydrogen) atoms. The number of nitrogens with zero attached hydrogens (tertiary/aromatic N) is 3. The van der Waals surface area contributed by atoms with Gasteiger partial charge in [0.25, 0.3) is 0 Å². The summed E-state index contributed by atoms with van der Waals surface area (Å²) in [5, 5.41) is 2.89. The number of benzene rings is 1. The van der Waals surface area contributed by atoms with Crippen molar-refractivity contribution in [3.8, 4) is 23.3 Å². The van der Waals surface area contributed by atoms with Crippen LogP contribution in [0, 0.1) is 0 Å². The normalized spacial score (nSPS) is 16.2. The number of anilines is 1. The van der Waals surface area contributed by atoms with Crippen molar-refractivity contribution in [2.75, 3.05) is 39.7 Å². The van der Waals surface area contributed by atoms with Gasteiger partial charge in [-0.05, 0) is 12.8 Å². The van der Waals surface area contributed by atoms with Crippen molar-refractivity contribution in [1.82, 2.24) is 14.9 Å². The van der Waals surface area contributed by atoms with E-state index in [0.717, 1.165) is 12.8 Å². The molecule has 0 aliphatic carbocycles. The molecule has 2 aromatic rings. The van der Waals surface area contributed by atoms with Gasteiger partial charge < -0.3 is 29.2 Å². The molecule has 0 spiro atoms. The van der Waals surface area contributed by atoms with Gasteiger partial charge in [0, 0.05) is 30.4 Å². The Hall–Kier alpha value is -3.23. The Morgan fingerprint density at radius 3 is 2.46 bits per heavy atom. The summed E-state index contributed by atoms with van der Waals surface area (Å²) in [5.41, 5.74) is 0.600. The monoisotopic (exact) mass is 388 g/mol. The minimum atomic E-state index is -0.208. The third kappa shape index (κ3) is 4.93. The van der Waals surface area contributed by atoms with Crippen molar-refractivity contribution in [3.05, 3.63) is 30.6 Å². The first-order chi connectivity index (χ1) is 13.6. The van der Waals surface area contributed by atoms with E-state index in [1.54, 1.807) is 37.3 Å². The Bertz CT molecular complexity index is 794. The third-order valence-electron chi connectivity index (χ3n) is 4.35. The van der Waals surface area contributed by atoms with Crippen LogP contribution in [0.25, 0.3) is 0 Å². The van der Waals surface area contributed by atoms with E-state index in [4.69, 9.17) is 18.9 Å². The van der Waals surface area contributed by atoms with Crippen LogP contribution >= 0.6 is 0 Å². The maximum atomic E-state index is 12.7. The summed E-state index contributed by atoms with van der Waals surface area (Å²) in [6.07, 6.45) is 4.53. The van der Waals surface area contributed by atoms with Gasteiger partial charge >= 0.3 is 6.03 Å². The number of carbonyl (C=O) groups is 1. The van der Waals surface area contributed by atoms with Gasteiger partial charge in [-0.15, -0.1) is 0 Å². The summed E-state index contributed by atoms with van der Waals surface area (Å²) in [4.78, 5) is 22.7. The van der Waals surface area contributed by atoms with Crippen LogP contribution in [-0.2, 0) is 0 Å². The van der Waals surface area contributed by atoms with Gasteiger partial charge in [0.1, 0.15) is 17.6 Å². The molecule has 1 unspecified atom stereocenters. The predicted octanol–water partition coefficient (Wildman–Crippen LogP) is 2.58. The highest BCUT2D eigenvalue weighted by Crippen LogP contribution is 2.26. The number of likely N-dealkylation sites (tertiary alicyclic amines) is 1. The van der Waals surface area contributed by atoms with Gasteiger partial charge in [0.05, 0.1) is 40.3 Å². The lowest BCUT2D eigenvalue weighted by Crippen LogP contribution is -2.46. The number of carbonyl (C=O) groups excluding carboxylic acids is 1. The molecule has 2 amide bonds. The van der Waals surface area contributed by atoms with Gasteiger partial charge in [0.2, 0.25) is 11.8 Å². The summed E-state index contributed by atoms with van der Waals surface area (Å²) >= 11 is 0. The van der Waals surface area contributed by atoms with Gasteiger partial charge in [0.15, 0.2) is 0 Å². The molecule has 1 aliphatic heterocycles. The highest BCUT2D eigenvalue weighted by molar-refractivity contribution is 5.90. The van der Waals surface area contributed by atoms with E-state index >= 15 is 0 Å². The Kier molecular flexibility index (Phi) is 6.36. The van der Waals surface area contributed by atoms with Gasteiger partial charge in [-0.25, -0.2) is 4.79 Å². The number of hydrogen-bond acceptors (Lipinski definition) is 7. The summed E-state index contributed by atoms with van der Waals surface area (Å²) in [5.74, 6) is 1.97. The van der Waals surface area contributed by atoms with Crippen molar-refractivity contribution < 1.29 is 23.7 Å². The van der Waals surface area contributed by atoms with Crippen LogP contribution in [0.3, 0.4) is 0 Å². The second-order valence-corrected chi connectivity index (χ2v) is 6.26. The van der Waals surface area contributed by atoms with Crippen LogP contribution in [0.15, 0.2) is 30.6 Å². The SMILES string of the molecule is COc1cc(NC(=O)N2CCCC(Oc3cncc(OC)n3)C2)cc(OC)c1. The highest BCUT2D eigenvalue weighted by Gasteiger charge is 2.25. The fourth-order valence-electron chi connectivity index (χ4n) is 2.96. The van der Waals surface area contributed by atoms with Gasteiger partial charge in [-0.1, -0.05) is 0 Å². The van der Waals surface area contributed by atoms with E-state index in [1.165, 1.54) is 19.5 Å². The van der Waals surface area contributed by atoms with E-state index in [-0.39, 0.29) is 12.1 Å². The highest BCUT2D eigenvalue weighted by atomic mass is 16.5. The average molecular weight is 388 g/mol. The number of urea groups is 1. The first-order valence-electron chi connectivity index (χ1n) is 8.93. The fourth-order valence-corrected chi connectivity index (χ4v) is 2.96. The van der Waals surface area contributed by atoms with Gasteiger partial charge in [-0.2, -0.15) is 4.98 Å². The van der Waals surface area contributed by atoms with E-state index in [0.29, 0.717) is 42.0 Å². The third-order valence-corrected chi connectivity index (χ3v) is 4.35. The standard InChI is InChI=1S/C19H24N4O5/c1-25-15-7-13(8-16(9-15)26-2)21-19(24)23-6-4-5-14(12-23)28-18-11-20-10-17(22-18)27-3/h7-11,14H,4-6,12H2,1-3H3,(H,21,24). The Morgan fingerprint density at radius 1 is 1.07 bits per heavy atom. The number of ether oxygens (including phenoxy) is 4. The molecule has 9 heteroatoms. The molecule has 1 aromatic carbocycles. The molecular weight excluding hydrogens is 364 g/mol. The Labute approximate surface area is 163 Å². The van der Waals surface area contributed by atoms with Crippen LogP contribution in [0.2, 0.25) is 0 Å². The van der Waals surface area contributed by atoms with Crippen molar-refractivity contribution in [2.45, 2.75) is 18.9 Å². The molecule has 0 radical (unpaired) electrons. The van der Waals surface area contributed by atoms with Crippen LogP contribution in [-0.4, -0.2) is 61.4 Å². The molecule has 1 saturated heterocycles. The molecule has 9 nitrogen and oxygen atoms in total. The smallest absolute Gasteiger partial charge is 0.321 e. The summed E-state index contributed by atoms with van der Waals surface area (Å²) in [7, 11) is 4.65. The maximum Gasteiger partial charge on any atom is 0.321 e. The van der Waals surface area contributed by atoms with Crippen molar-refractivity contribution in [1.29, 1.82) is 0 Å². The van der Waals surface area contributed by atoms with E-state index in [9.17, 15) is 4.79 Å². The van der Waals surface area contributed by atoms with Crippen LogP contribution in [0.4, 0.5) is 10.5 Å². The molecule has 1 aliphatic rings. The number of hydrogen-bond donors (Lipinski definition) is 1. The molecule has 1 atom stereocenters. The van der Waals surface area contributed by atoms with E-state index < -0.39 is 0 Å². The fraction of sp³-hybridized carbons (Fsp3) is 0.421. The van der Waals surface area contributed by atoms with Crippen molar-refractivity contribution in [2.24, 2.45) is 0 Å². The molecular formula is C19H24N4O5. The number of piperidine rings is 1. The number of methoxy groups -OCH3 is 3.